The topological polar surface area (TPSA) is 37.3 Å². The van der Waals surface area contributed by atoms with Gasteiger partial charge in [0, 0.05) is 16.7 Å². The van der Waals surface area contributed by atoms with Gasteiger partial charge in [-0.25, -0.2) is 0 Å². The fourth-order valence-corrected chi connectivity index (χ4v) is 1.98. The Hall–Kier alpha value is -0.830. The highest BCUT2D eigenvalue weighted by molar-refractivity contribution is 8.93. The van der Waals surface area contributed by atoms with E-state index in [-0.39, 0.29) is 33.6 Å². The van der Waals surface area contributed by atoms with Crippen LogP contribution in [0.3, 0.4) is 0 Å². The molecule has 3 heteroatoms. The van der Waals surface area contributed by atoms with Gasteiger partial charge in [0.2, 0.25) is 0 Å². The van der Waals surface area contributed by atoms with E-state index >= 15 is 0 Å². The molecule has 0 bridgehead atoms. The Balaban J connectivity index is 0.00000324. The van der Waals surface area contributed by atoms with Gasteiger partial charge in [0.05, 0.1) is 0 Å². The van der Waals surface area contributed by atoms with Crippen LogP contribution < -0.4 is 0 Å². The zero-order valence-electron chi connectivity index (χ0n) is 12.9. The second-order valence-electron chi connectivity index (χ2n) is 6.98. The van der Waals surface area contributed by atoms with Crippen molar-refractivity contribution in [2.24, 2.45) is 0 Å². The molecule has 0 aliphatic rings. The smallest absolute Gasteiger partial charge is 0.159 e. The summed E-state index contributed by atoms with van der Waals surface area (Å²) in [7, 11) is 0. The number of hydrogen-bond acceptors (Lipinski definition) is 2. The zero-order chi connectivity index (χ0) is 14.3. The second-order valence-corrected chi connectivity index (χ2v) is 6.98. The maximum absolute atomic E-state index is 11.6. The Kier molecular flexibility index (Phi) is 5.41. The van der Waals surface area contributed by atoms with Gasteiger partial charge in [-0.15, -0.1) is 17.0 Å². The fraction of sp³-hybridized carbons (Fsp3) is 0.562. The molecule has 1 aromatic carbocycles. The molecule has 0 aromatic heterocycles. The van der Waals surface area contributed by atoms with E-state index in [2.05, 4.69) is 0 Å². The van der Waals surface area contributed by atoms with Crippen molar-refractivity contribution in [3.05, 3.63) is 28.8 Å². The molecule has 1 N–H and O–H groups in total. The van der Waals surface area contributed by atoms with E-state index in [9.17, 15) is 9.90 Å². The van der Waals surface area contributed by atoms with Gasteiger partial charge in [-0.2, -0.15) is 0 Å². The van der Waals surface area contributed by atoms with Gasteiger partial charge in [-0.1, -0.05) is 41.5 Å². The van der Waals surface area contributed by atoms with Crippen molar-refractivity contribution in [1.29, 1.82) is 0 Å². The fourth-order valence-electron chi connectivity index (χ4n) is 1.98. The number of ketones is 1. The lowest BCUT2D eigenvalue weighted by molar-refractivity contribution is 0.101. The first kappa shape index (κ1) is 18.2. The Morgan fingerprint density at radius 2 is 1.26 bits per heavy atom. The van der Waals surface area contributed by atoms with Crippen LogP contribution in [-0.2, 0) is 10.8 Å². The molecule has 0 aliphatic carbocycles. The normalized spacial score (nSPS) is 11.9. The molecule has 0 aliphatic heterocycles. The van der Waals surface area contributed by atoms with Crippen LogP contribution in [0.5, 0.6) is 5.75 Å². The number of halogens is 1. The molecule has 0 heterocycles. The van der Waals surface area contributed by atoms with Crippen molar-refractivity contribution in [3.8, 4) is 5.75 Å². The lowest BCUT2D eigenvalue weighted by Gasteiger charge is -2.27. The number of benzene rings is 1. The van der Waals surface area contributed by atoms with Crippen LogP contribution in [0.15, 0.2) is 12.1 Å². The second kappa shape index (κ2) is 5.66. The third kappa shape index (κ3) is 4.07. The third-order valence-electron chi connectivity index (χ3n) is 3.13. The van der Waals surface area contributed by atoms with E-state index in [0.29, 0.717) is 11.3 Å². The number of phenolic OH excluding ortho intramolecular Hbond substituents is 1. The predicted octanol–water partition coefficient (Wildman–Crippen LogP) is 4.77. The van der Waals surface area contributed by atoms with E-state index in [1.165, 1.54) is 0 Å². The first-order chi connectivity index (χ1) is 7.94. The van der Waals surface area contributed by atoms with Crippen LogP contribution in [0.4, 0.5) is 0 Å². The quantitative estimate of drug-likeness (QED) is 0.754. The Morgan fingerprint density at radius 1 is 0.947 bits per heavy atom. The lowest BCUT2D eigenvalue weighted by Crippen LogP contribution is -2.18. The number of aromatic hydroxyl groups is 1. The summed E-state index contributed by atoms with van der Waals surface area (Å²) in [4.78, 5) is 11.6. The Bertz CT molecular complexity index is 441. The van der Waals surface area contributed by atoms with Crippen molar-refractivity contribution >= 4 is 22.8 Å². The van der Waals surface area contributed by atoms with Gasteiger partial charge in [-0.3, -0.25) is 4.79 Å². The van der Waals surface area contributed by atoms with Gasteiger partial charge in [0.15, 0.2) is 5.78 Å². The summed E-state index contributed by atoms with van der Waals surface area (Å²) in [5.74, 6) is 0.353. The minimum absolute atomic E-state index is 0. The van der Waals surface area contributed by atoms with Crippen LogP contribution in [0, 0.1) is 0 Å². The molecule has 0 fully saturated rings. The van der Waals surface area contributed by atoms with Gasteiger partial charge >= 0.3 is 0 Å². The molecule has 1 rings (SSSR count). The van der Waals surface area contributed by atoms with Gasteiger partial charge in [-0.05, 0) is 29.9 Å². The van der Waals surface area contributed by atoms with Crippen molar-refractivity contribution in [3.63, 3.8) is 0 Å². The summed E-state index contributed by atoms with van der Waals surface area (Å²) < 4.78 is 0. The summed E-state index contributed by atoms with van der Waals surface area (Å²) in [6.07, 6.45) is 0. The number of hydrogen-bond donors (Lipinski definition) is 1. The monoisotopic (exact) mass is 328 g/mol. The predicted molar refractivity (Wildman–Crippen MR) is 85.8 cm³/mol. The maximum Gasteiger partial charge on any atom is 0.159 e. The molecule has 0 unspecified atom stereocenters. The molecular formula is C16H25BrO2. The molecule has 0 amide bonds. The molecule has 0 radical (unpaired) electrons. The highest BCUT2D eigenvalue weighted by Gasteiger charge is 2.27. The number of rotatable bonds is 1. The molecule has 1 aromatic rings. The number of phenols is 1. The zero-order valence-corrected chi connectivity index (χ0v) is 14.6. The summed E-state index contributed by atoms with van der Waals surface area (Å²) in [6, 6.07) is 3.62. The summed E-state index contributed by atoms with van der Waals surface area (Å²) >= 11 is 0. The van der Waals surface area contributed by atoms with Crippen LogP contribution in [0.1, 0.15) is 70.0 Å². The Labute approximate surface area is 127 Å². The molecule has 0 atom stereocenters. The molecule has 0 saturated carbocycles. The van der Waals surface area contributed by atoms with E-state index < -0.39 is 0 Å². The molecule has 0 spiro atoms. The molecule has 0 saturated heterocycles. The van der Waals surface area contributed by atoms with E-state index in [4.69, 9.17) is 0 Å². The number of carbonyl (C=O) groups excluding carboxylic acids is 1. The van der Waals surface area contributed by atoms with E-state index in [1.54, 1.807) is 6.92 Å². The Morgan fingerprint density at radius 3 is 1.47 bits per heavy atom. The standard InChI is InChI=1S/C16H24O2.BrH/c1-10(17)11-8-12(15(2,3)4)14(18)13(9-11)16(5,6)7;/h8-9,18H,1-7H3;1H. The average molecular weight is 329 g/mol. The number of carbonyl (C=O) groups is 1. The summed E-state index contributed by atoms with van der Waals surface area (Å²) in [5.41, 5.74) is 1.97. The maximum atomic E-state index is 11.6. The van der Waals surface area contributed by atoms with E-state index in [1.807, 2.05) is 53.7 Å². The molecular weight excluding hydrogens is 304 g/mol. The van der Waals surface area contributed by atoms with Crippen molar-refractivity contribution in [2.45, 2.75) is 59.3 Å². The number of Topliss-reactive ketones (excluding diaryl/α,β-unsaturated/α-hetero) is 1. The van der Waals surface area contributed by atoms with E-state index in [0.717, 1.165) is 11.1 Å². The van der Waals surface area contributed by atoms with Gasteiger partial charge in [0.25, 0.3) is 0 Å². The highest BCUT2D eigenvalue weighted by Crippen LogP contribution is 2.39. The first-order valence-corrected chi connectivity index (χ1v) is 6.33. The van der Waals surface area contributed by atoms with Crippen molar-refractivity contribution in [1.82, 2.24) is 0 Å². The van der Waals surface area contributed by atoms with Crippen LogP contribution >= 0.6 is 17.0 Å². The first-order valence-electron chi connectivity index (χ1n) is 6.33. The van der Waals surface area contributed by atoms with Crippen LogP contribution in [-0.4, -0.2) is 10.9 Å². The lowest BCUT2D eigenvalue weighted by atomic mass is 9.78. The average Bonchev–Trinajstić information content (AvgIpc) is 2.13. The largest absolute Gasteiger partial charge is 0.507 e. The molecule has 19 heavy (non-hydrogen) atoms. The van der Waals surface area contributed by atoms with Crippen LogP contribution in [0.2, 0.25) is 0 Å². The van der Waals surface area contributed by atoms with Crippen molar-refractivity contribution < 1.29 is 9.90 Å². The SMILES string of the molecule is Br.CC(=O)c1cc(C(C)(C)C)c(O)c(C(C)(C)C)c1. The van der Waals surface area contributed by atoms with Crippen LogP contribution in [0.25, 0.3) is 0 Å². The minimum atomic E-state index is -0.185. The summed E-state index contributed by atoms with van der Waals surface area (Å²) in [5, 5.41) is 10.5. The molecule has 2 nitrogen and oxygen atoms in total. The minimum Gasteiger partial charge on any atom is -0.507 e. The third-order valence-corrected chi connectivity index (χ3v) is 3.13. The summed E-state index contributed by atoms with van der Waals surface area (Å²) in [6.45, 7) is 13.8. The van der Waals surface area contributed by atoms with Gasteiger partial charge < -0.3 is 5.11 Å². The van der Waals surface area contributed by atoms with Crippen molar-refractivity contribution in [2.75, 3.05) is 0 Å². The van der Waals surface area contributed by atoms with Gasteiger partial charge in [0.1, 0.15) is 5.75 Å². The molecule has 108 valence electrons. The highest BCUT2D eigenvalue weighted by atomic mass is 79.9.